The summed E-state index contributed by atoms with van der Waals surface area (Å²) >= 11 is 0. The summed E-state index contributed by atoms with van der Waals surface area (Å²) in [6, 6.07) is 7.99. The van der Waals surface area contributed by atoms with E-state index in [0.29, 0.717) is 6.42 Å². The average Bonchev–Trinajstić information content (AvgIpc) is 2.70. The zero-order chi connectivity index (χ0) is 22.1. The molecular formula is C28H49NO. The predicted octanol–water partition coefficient (Wildman–Crippen LogP) is 8.41. The third-order valence-corrected chi connectivity index (χ3v) is 5.97. The van der Waals surface area contributed by atoms with Crippen LogP contribution < -0.4 is 5.73 Å². The molecular weight excluding hydrogens is 366 g/mol. The molecule has 0 heterocycles. The largest absolute Gasteiger partial charge is 0.325 e. The number of ketones is 1. The van der Waals surface area contributed by atoms with Gasteiger partial charge in [-0.15, -0.1) is 0 Å². The fourth-order valence-electron chi connectivity index (χ4n) is 4.23. The predicted molar refractivity (Wildman–Crippen MR) is 132 cm³/mol. The first-order valence-corrected chi connectivity index (χ1v) is 12.8. The Balaban J connectivity index is 2.02. The SMILES string of the molecule is CCCCCCCCCCCCCCCCCC(=O)c1ccccc1CC(C)(C)N. The summed E-state index contributed by atoms with van der Waals surface area (Å²) in [6.45, 7) is 6.32. The van der Waals surface area contributed by atoms with Crippen LogP contribution >= 0.6 is 0 Å². The second kappa shape index (κ2) is 16.5. The Labute approximate surface area is 187 Å². The molecule has 1 aromatic carbocycles. The van der Waals surface area contributed by atoms with Gasteiger partial charge < -0.3 is 5.73 Å². The van der Waals surface area contributed by atoms with Crippen molar-refractivity contribution in [2.45, 2.75) is 135 Å². The molecule has 0 aromatic heterocycles. The minimum absolute atomic E-state index is 0.282. The summed E-state index contributed by atoms with van der Waals surface area (Å²) in [7, 11) is 0. The number of unbranched alkanes of at least 4 members (excludes halogenated alkanes) is 14. The monoisotopic (exact) mass is 415 g/mol. The summed E-state index contributed by atoms with van der Waals surface area (Å²) in [5, 5.41) is 0. The fraction of sp³-hybridized carbons (Fsp3) is 0.750. The second-order valence-corrected chi connectivity index (χ2v) is 9.95. The third kappa shape index (κ3) is 14.0. The Bertz CT molecular complexity index is 558. The van der Waals surface area contributed by atoms with Crippen molar-refractivity contribution in [1.29, 1.82) is 0 Å². The van der Waals surface area contributed by atoms with Gasteiger partial charge in [-0.25, -0.2) is 0 Å². The van der Waals surface area contributed by atoms with E-state index in [0.717, 1.165) is 24.0 Å². The zero-order valence-corrected chi connectivity index (χ0v) is 20.3. The number of Topliss-reactive ketones (excluding diaryl/α,β-unsaturated/α-hetero) is 1. The highest BCUT2D eigenvalue weighted by Crippen LogP contribution is 2.19. The van der Waals surface area contributed by atoms with E-state index >= 15 is 0 Å². The molecule has 0 radical (unpaired) electrons. The molecule has 0 bridgehead atoms. The van der Waals surface area contributed by atoms with Gasteiger partial charge in [0.25, 0.3) is 0 Å². The van der Waals surface area contributed by atoms with Crippen LogP contribution in [0.1, 0.15) is 139 Å². The van der Waals surface area contributed by atoms with E-state index in [4.69, 9.17) is 5.73 Å². The second-order valence-electron chi connectivity index (χ2n) is 9.95. The van der Waals surface area contributed by atoms with Gasteiger partial charge in [0.15, 0.2) is 5.78 Å². The molecule has 0 fully saturated rings. The van der Waals surface area contributed by atoms with Crippen LogP contribution in [0.15, 0.2) is 24.3 Å². The molecule has 0 unspecified atom stereocenters. The Morgan fingerprint density at radius 2 is 1.17 bits per heavy atom. The van der Waals surface area contributed by atoms with E-state index in [-0.39, 0.29) is 11.3 Å². The molecule has 1 aromatic rings. The van der Waals surface area contributed by atoms with E-state index in [1.165, 1.54) is 89.9 Å². The molecule has 30 heavy (non-hydrogen) atoms. The molecule has 0 amide bonds. The van der Waals surface area contributed by atoms with Crippen molar-refractivity contribution < 1.29 is 4.79 Å². The maximum absolute atomic E-state index is 12.6. The quantitative estimate of drug-likeness (QED) is 0.182. The minimum Gasteiger partial charge on any atom is -0.325 e. The van der Waals surface area contributed by atoms with Crippen molar-refractivity contribution in [3.05, 3.63) is 35.4 Å². The summed E-state index contributed by atoms with van der Waals surface area (Å²) in [6.07, 6.45) is 21.7. The van der Waals surface area contributed by atoms with Crippen LogP contribution in [0.4, 0.5) is 0 Å². The first kappa shape index (κ1) is 26.9. The summed E-state index contributed by atoms with van der Waals surface area (Å²) in [5.74, 6) is 0.282. The number of benzene rings is 1. The molecule has 2 heteroatoms. The van der Waals surface area contributed by atoms with Crippen LogP contribution in [0.5, 0.6) is 0 Å². The third-order valence-electron chi connectivity index (χ3n) is 5.97. The minimum atomic E-state index is -0.287. The van der Waals surface area contributed by atoms with Gasteiger partial charge in [0, 0.05) is 17.5 Å². The number of hydrogen-bond donors (Lipinski definition) is 1. The Kier molecular flexibility index (Phi) is 14.8. The van der Waals surface area contributed by atoms with Gasteiger partial charge in [-0.1, -0.05) is 121 Å². The van der Waals surface area contributed by atoms with Crippen molar-refractivity contribution in [3.8, 4) is 0 Å². The number of rotatable bonds is 19. The van der Waals surface area contributed by atoms with Crippen molar-refractivity contribution in [2.24, 2.45) is 5.73 Å². The summed E-state index contributed by atoms with van der Waals surface area (Å²) in [4.78, 5) is 12.6. The molecule has 2 nitrogen and oxygen atoms in total. The van der Waals surface area contributed by atoms with Crippen molar-refractivity contribution in [2.75, 3.05) is 0 Å². The maximum atomic E-state index is 12.6. The number of carbonyl (C=O) groups is 1. The maximum Gasteiger partial charge on any atom is 0.163 e. The molecule has 172 valence electrons. The van der Waals surface area contributed by atoms with Gasteiger partial charge in [-0.2, -0.15) is 0 Å². The molecule has 0 aliphatic rings. The van der Waals surface area contributed by atoms with Gasteiger partial charge in [0.1, 0.15) is 0 Å². The van der Waals surface area contributed by atoms with Crippen LogP contribution in [-0.4, -0.2) is 11.3 Å². The lowest BCUT2D eigenvalue weighted by Crippen LogP contribution is -2.35. The van der Waals surface area contributed by atoms with Crippen molar-refractivity contribution in [3.63, 3.8) is 0 Å². The molecule has 0 spiro atoms. The van der Waals surface area contributed by atoms with Crippen molar-refractivity contribution >= 4 is 5.78 Å². The van der Waals surface area contributed by atoms with Crippen LogP contribution in [0, 0.1) is 0 Å². The first-order chi connectivity index (χ1) is 14.4. The van der Waals surface area contributed by atoms with E-state index in [1.54, 1.807) is 0 Å². The standard InChI is InChI=1S/C28H49NO/c1-4-5-6-7-8-9-10-11-12-13-14-15-16-17-18-23-27(30)26-22-20-19-21-25(26)24-28(2,3)29/h19-22H,4-18,23-24,29H2,1-3H3. The van der Waals surface area contributed by atoms with Crippen LogP contribution in [0.2, 0.25) is 0 Å². The van der Waals surface area contributed by atoms with E-state index < -0.39 is 0 Å². The van der Waals surface area contributed by atoms with Crippen LogP contribution in [0.3, 0.4) is 0 Å². The summed E-state index contributed by atoms with van der Waals surface area (Å²) < 4.78 is 0. The highest BCUT2D eigenvalue weighted by molar-refractivity contribution is 5.97. The van der Waals surface area contributed by atoms with E-state index in [2.05, 4.69) is 6.92 Å². The lowest BCUT2D eigenvalue weighted by molar-refractivity contribution is 0.0978. The van der Waals surface area contributed by atoms with E-state index in [1.807, 2.05) is 38.1 Å². The molecule has 1 rings (SSSR count). The number of nitrogens with two attached hydrogens (primary N) is 1. The number of hydrogen-bond acceptors (Lipinski definition) is 2. The van der Waals surface area contributed by atoms with Gasteiger partial charge in [-0.05, 0) is 32.3 Å². The molecule has 0 aliphatic carbocycles. The first-order valence-electron chi connectivity index (χ1n) is 12.8. The van der Waals surface area contributed by atoms with Crippen LogP contribution in [-0.2, 0) is 6.42 Å². The topological polar surface area (TPSA) is 43.1 Å². The van der Waals surface area contributed by atoms with E-state index in [9.17, 15) is 4.79 Å². The molecule has 2 N–H and O–H groups in total. The van der Waals surface area contributed by atoms with Crippen molar-refractivity contribution in [1.82, 2.24) is 0 Å². The Morgan fingerprint density at radius 3 is 1.63 bits per heavy atom. The lowest BCUT2D eigenvalue weighted by atomic mass is 9.90. The molecule has 0 saturated carbocycles. The lowest BCUT2D eigenvalue weighted by Gasteiger charge is -2.20. The molecule has 0 atom stereocenters. The zero-order valence-electron chi connectivity index (χ0n) is 20.3. The highest BCUT2D eigenvalue weighted by Gasteiger charge is 2.17. The average molecular weight is 416 g/mol. The Hall–Kier alpha value is -1.15. The number of carbonyl (C=O) groups excluding carboxylic acids is 1. The highest BCUT2D eigenvalue weighted by atomic mass is 16.1. The molecule has 0 aliphatic heterocycles. The van der Waals surface area contributed by atoms with Gasteiger partial charge in [-0.3, -0.25) is 4.79 Å². The van der Waals surface area contributed by atoms with Gasteiger partial charge in [0.2, 0.25) is 0 Å². The van der Waals surface area contributed by atoms with Crippen LogP contribution in [0.25, 0.3) is 0 Å². The summed E-state index contributed by atoms with van der Waals surface area (Å²) in [5.41, 5.74) is 7.84. The smallest absolute Gasteiger partial charge is 0.163 e. The Morgan fingerprint density at radius 1 is 0.733 bits per heavy atom. The normalized spacial score (nSPS) is 11.7. The van der Waals surface area contributed by atoms with Gasteiger partial charge in [0.05, 0.1) is 0 Å². The molecule has 0 saturated heterocycles. The fourth-order valence-corrected chi connectivity index (χ4v) is 4.23. The van der Waals surface area contributed by atoms with Gasteiger partial charge >= 0.3 is 0 Å².